The Morgan fingerprint density at radius 3 is 1.41 bits per heavy atom. The second-order valence-corrected chi connectivity index (χ2v) is 5.29. The van der Waals surface area contributed by atoms with E-state index < -0.39 is 0 Å². The van der Waals surface area contributed by atoms with Crippen molar-refractivity contribution in [2.24, 2.45) is 0 Å². The Kier molecular flexibility index (Phi) is 8.39. The van der Waals surface area contributed by atoms with Crippen LogP contribution in [0.3, 0.4) is 0 Å². The zero-order chi connectivity index (χ0) is 13.6. The van der Waals surface area contributed by atoms with Crippen LogP contribution in [0.2, 0.25) is 0 Å². The molecular weight excluding hydrogens is 322 g/mol. The molecule has 0 bridgehead atoms. The zero-order valence-corrected chi connectivity index (χ0v) is 13.9. The Balaban J connectivity index is 0.00000121. The van der Waals surface area contributed by atoms with E-state index in [9.17, 15) is 0 Å². The summed E-state index contributed by atoms with van der Waals surface area (Å²) >= 11 is 2.22. The first-order valence-electron chi connectivity index (χ1n) is 6.10. The molecule has 0 aliphatic rings. The molecular formula is C15H23ClPd. The Hall–Kier alpha value is 0.172. The van der Waals surface area contributed by atoms with E-state index in [2.05, 4.69) is 87.5 Å². The summed E-state index contributed by atoms with van der Waals surface area (Å²) in [4.78, 5) is 0. The monoisotopic (exact) mass is 344 g/mol. The summed E-state index contributed by atoms with van der Waals surface area (Å²) in [5.74, 6) is 1.75. The third-order valence-electron chi connectivity index (χ3n) is 2.84. The molecule has 0 aromatic heterocycles. The van der Waals surface area contributed by atoms with Crippen molar-refractivity contribution in [3.8, 4) is 0 Å². The summed E-state index contributed by atoms with van der Waals surface area (Å²) < 4.78 is 0. The van der Waals surface area contributed by atoms with Gasteiger partial charge in [0.2, 0.25) is 0 Å². The van der Waals surface area contributed by atoms with Gasteiger partial charge in [0.15, 0.2) is 0 Å². The molecule has 0 saturated heterocycles. The van der Waals surface area contributed by atoms with Crippen LogP contribution in [0.1, 0.15) is 76.0 Å². The molecule has 0 heterocycles. The van der Waals surface area contributed by atoms with Crippen molar-refractivity contribution in [2.45, 2.75) is 59.3 Å². The standard InChI is InChI=1S/C15H23.ClH.Pd/c1-10(2)13-7-14(11(3)4)9-15(8-13)12(5)6;;/h7-8,10-12H,1-6H3;1H;/q-1;;+2/p-1. The van der Waals surface area contributed by atoms with Crippen molar-refractivity contribution >= 4 is 9.53 Å². The van der Waals surface area contributed by atoms with Gasteiger partial charge in [-0.15, -0.1) is 0 Å². The Labute approximate surface area is 122 Å². The molecule has 2 heteroatoms. The maximum atomic E-state index is 4.49. The second-order valence-electron chi connectivity index (χ2n) is 5.29. The van der Waals surface area contributed by atoms with Crippen LogP contribution in [0.4, 0.5) is 0 Å². The molecule has 1 rings (SSSR count). The van der Waals surface area contributed by atoms with Crippen molar-refractivity contribution in [3.63, 3.8) is 0 Å². The average molecular weight is 345 g/mol. The summed E-state index contributed by atoms with van der Waals surface area (Å²) in [7, 11) is 4.49. The van der Waals surface area contributed by atoms with Crippen molar-refractivity contribution in [2.75, 3.05) is 0 Å². The molecule has 0 aliphatic carbocycles. The maximum absolute atomic E-state index is 4.49. The molecule has 0 aliphatic heterocycles. The fourth-order valence-corrected chi connectivity index (χ4v) is 1.59. The fraction of sp³-hybridized carbons (Fsp3) is 0.600. The predicted octanol–water partition coefficient (Wildman–Crippen LogP) is 5.54. The van der Waals surface area contributed by atoms with E-state index in [0.29, 0.717) is 17.8 Å². The molecule has 0 N–H and O–H groups in total. The van der Waals surface area contributed by atoms with Crippen LogP contribution < -0.4 is 0 Å². The number of rotatable bonds is 3. The molecule has 0 unspecified atom stereocenters. The van der Waals surface area contributed by atoms with E-state index in [1.165, 1.54) is 16.7 Å². The summed E-state index contributed by atoms with van der Waals surface area (Å²) in [6.45, 7) is 13.5. The fourth-order valence-electron chi connectivity index (χ4n) is 1.59. The van der Waals surface area contributed by atoms with Gasteiger partial charge >= 0.3 is 27.7 Å². The topological polar surface area (TPSA) is 0 Å². The molecule has 0 fully saturated rings. The summed E-state index contributed by atoms with van der Waals surface area (Å²) in [5, 5.41) is 0. The van der Waals surface area contributed by atoms with E-state index in [1.807, 2.05) is 0 Å². The van der Waals surface area contributed by atoms with Crippen LogP contribution >= 0.6 is 9.53 Å². The molecule has 100 valence electrons. The second kappa shape index (κ2) is 8.31. The summed E-state index contributed by atoms with van der Waals surface area (Å²) in [6, 6.07) is 8.15. The van der Waals surface area contributed by atoms with E-state index in [0.717, 1.165) is 0 Å². The molecule has 0 spiro atoms. The first-order valence-corrected chi connectivity index (χ1v) is 8.11. The van der Waals surface area contributed by atoms with Crippen molar-refractivity contribution in [3.05, 3.63) is 34.9 Å². The molecule has 17 heavy (non-hydrogen) atoms. The van der Waals surface area contributed by atoms with Gasteiger partial charge in [0, 0.05) is 0 Å². The third-order valence-corrected chi connectivity index (χ3v) is 2.84. The molecule has 0 amide bonds. The van der Waals surface area contributed by atoms with Crippen molar-refractivity contribution in [1.82, 2.24) is 0 Å². The minimum absolute atomic E-state index is 0.571. The van der Waals surface area contributed by atoms with Crippen molar-refractivity contribution < 1.29 is 18.2 Å². The van der Waals surface area contributed by atoms with Gasteiger partial charge in [0.25, 0.3) is 0 Å². The number of hydrogen-bond acceptors (Lipinski definition) is 0. The summed E-state index contributed by atoms with van der Waals surface area (Å²) in [6.07, 6.45) is 0. The number of hydrogen-bond donors (Lipinski definition) is 0. The van der Waals surface area contributed by atoms with Gasteiger partial charge in [-0.3, -0.25) is 0 Å². The van der Waals surface area contributed by atoms with Crippen LogP contribution in [0.5, 0.6) is 0 Å². The van der Waals surface area contributed by atoms with Gasteiger partial charge in [-0.2, -0.15) is 34.9 Å². The van der Waals surface area contributed by atoms with E-state index in [4.69, 9.17) is 0 Å². The predicted molar refractivity (Wildman–Crippen MR) is 73.4 cm³/mol. The average Bonchev–Trinajstić information content (AvgIpc) is 2.30. The van der Waals surface area contributed by atoms with Crippen LogP contribution in [-0.4, -0.2) is 0 Å². The minimum atomic E-state index is 0.571. The molecule has 0 atom stereocenters. The van der Waals surface area contributed by atoms with Gasteiger partial charge in [0.05, 0.1) is 0 Å². The Morgan fingerprint density at radius 2 is 1.18 bits per heavy atom. The molecule has 0 nitrogen and oxygen atoms in total. The van der Waals surface area contributed by atoms with Crippen molar-refractivity contribution in [1.29, 1.82) is 0 Å². The van der Waals surface area contributed by atoms with Gasteiger partial charge in [0.1, 0.15) is 0 Å². The first-order chi connectivity index (χ1) is 7.91. The van der Waals surface area contributed by atoms with Gasteiger partial charge in [-0.25, -0.2) is 0 Å². The molecule has 0 radical (unpaired) electrons. The normalized spacial score (nSPS) is 10.8. The van der Waals surface area contributed by atoms with Crippen LogP contribution in [-0.2, 0) is 18.2 Å². The van der Waals surface area contributed by atoms with E-state index in [-0.39, 0.29) is 0 Å². The molecule has 1 aromatic rings. The summed E-state index contributed by atoms with van der Waals surface area (Å²) in [5.41, 5.74) is 4.15. The zero-order valence-electron chi connectivity index (χ0n) is 11.6. The Bertz CT molecular complexity index is 265. The molecule has 0 saturated carbocycles. The van der Waals surface area contributed by atoms with Crippen LogP contribution in [0.15, 0.2) is 12.1 Å². The van der Waals surface area contributed by atoms with Gasteiger partial charge in [-0.05, 0) is 17.8 Å². The van der Waals surface area contributed by atoms with Crippen LogP contribution in [0, 0.1) is 6.07 Å². The number of benzene rings is 1. The van der Waals surface area contributed by atoms with Gasteiger partial charge in [-0.1, -0.05) is 41.5 Å². The van der Waals surface area contributed by atoms with Crippen LogP contribution in [0.25, 0.3) is 0 Å². The van der Waals surface area contributed by atoms with Gasteiger partial charge < -0.3 is 0 Å². The SMILES string of the molecule is CC(C)c1[c-]c(C(C)C)cc(C(C)C)c1.[Cl][Pd+]. The first kappa shape index (κ1) is 17.2. The number of halogens is 1. The van der Waals surface area contributed by atoms with E-state index >= 15 is 0 Å². The van der Waals surface area contributed by atoms with E-state index in [1.54, 1.807) is 0 Å². The molecule has 1 aromatic carbocycles. The Morgan fingerprint density at radius 1 is 0.824 bits per heavy atom. The quantitative estimate of drug-likeness (QED) is 0.498. The third kappa shape index (κ3) is 5.56.